The molecule has 4 fully saturated rings. The van der Waals surface area contributed by atoms with E-state index in [0.29, 0.717) is 18.4 Å². The molecule has 2 bridgehead atoms. The SMILES string of the molecule is CC1C2CC(c3c2c(O)n(C[C@H]2C[C@@H]2CN2CCC(n4c(=O)ccc5ccccc54)CC2)c3O)C1N(C)C(=O)N1CCCC1. The fraction of sp³-hybridized carbons (Fsp3) is 0.600. The lowest BCUT2D eigenvalue weighted by Gasteiger charge is -2.37. The molecule has 1 aromatic carbocycles. The largest absolute Gasteiger partial charge is 0.494 e. The molecule has 5 aliphatic rings. The van der Waals surface area contributed by atoms with E-state index < -0.39 is 0 Å². The third-order valence-electron chi connectivity index (χ3n) is 12.0. The predicted molar refractivity (Wildman–Crippen MR) is 169 cm³/mol. The van der Waals surface area contributed by atoms with Gasteiger partial charge < -0.3 is 29.5 Å². The predicted octanol–water partition coefficient (Wildman–Crippen LogP) is 4.92. The molecular formula is C35H45N5O4. The van der Waals surface area contributed by atoms with E-state index >= 15 is 0 Å². The average molecular weight is 600 g/mol. The molecule has 44 heavy (non-hydrogen) atoms. The molecule has 3 aromatic rings. The Balaban J connectivity index is 0.908. The first-order valence-electron chi connectivity index (χ1n) is 16.8. The zero-order chi connectivity index (χ0) is 30.3. The summed E-state index contributed by atoms with van der Waals surface area (Å²) in [5.41, 5.74) is 2.93. The molecule has 2 saturated carbocycles. The minimum atomic E-state index is 0.0445. The summed E-state index contributed by atoms with van der Waals surface area (Å²) in [4.78, 5) is 32.5. The molecular weight excluding hydrogens is 554 g/mol. The Morgan fingerprint density at radius 1 is 0.886 bits per heavy atom. The summed E-state index contributed by atoms with van der Waals surface area (Å²) in [6.07, 6.45) is 6.06. The fourth-order valence-electron chi connectivity index (χ4n) is 9.59. The Morgan fingerprint density at radius 2 is 1.57 bits per heavy atom. The number of likely N-dealkylation sites (N-methyl/N-ethyl adjacent to an activating group) is 1. The number of fused-ring (bicyclic) bond motifs is 6. The average Bonchev–Trinajstić information content (AvgIpc) is 3.41. The van der Waals surface area contributed by atoms with Crippen molar-refractivity contribution in [3.05, 3.63) is 57.9 Å². The molecule has 2 saturated heterocycles. The van der Waals surface area contributed by atoms with Crippen LogP contribution < -0.4 is 5.56 Å². The van der Waals surface area contributed by atoms with Crippen molar-refractivity contribution < 1.29 is 15.0 Å². The van der Waals surface area contributed by atoms with E-state index in [9.17, 15) is 19.8 Å². The maximum atomic E-state index is 13.2. The molecule has 2 amide bonds. The van der Waals surface area contributed by atoms with Crippen molar-refractivity contribution in [3.8, 4) is 11.8 Å². The van der Waals surface area contributed by atoms with Crippen molar-refractivity contribution in [2.45, 2.75) is 75.9 Å². The van der Waals surface area contributed by atoms with Crippen LogP contribution in [0.15, 0.2) is 41.2 Å². The number of para-hydroxylation sites is 1. The van der Waals surface area contributed by atoms with E-state index in [1.54, 1.807) is 10.6 Å². The van der Waals surface area contributed by atoms with E-state index in [4.69, 9.17) is 0 Å². The van der Waals surface area contributed by atoms with Gasteiger partial charge in [0.15, 0.2) is 11.8 Å². The van der Waals surface area contributed by atoms with Crippen LogP contribution in [0.1, 0.15) is 74.5 Å². The van der Waals surface area contributed by atoms with Crippen molar-refractivity contribution in [1.29, 1.82) is 0 Å². The second-order valence-corrected chi connectivity index (χ2v) is 14.4. The number of benzene rings is 1. The molecule has 2 aliphatic heterocycles. The summed E-state index contributed by atoms with van der Waals surface area (Å²) in [6.45, 7) is 7.48. The van der Waals surface area contributed by atoms with Crippen LogP contribution >= 0.6 is 0 Å². The molecule has 4 heterocycles. The number of carbonyl (C=O) groups excluding carboxylic acids is 1. The van der Waals surface area contributed by atoms with Gasteiger partial charge in [0.25, 0.3) is 5.56 Å². The van der Waals surface area contributed by atoms with Crippen LogP contribution in [0.3, 0.4) is 0 Å². The standard InChI is InChI=1S/C35H45N5O4/c1-21-26-18-27(32(21)36(2)35(44)38-13-5-6-14-38)31-30(26)33(42)39(34(31)43)20-24-17-23(24)19-37-15-11-25(12-16-37)40-28-8-4-3-7-22(28)9-10-29(40)41/h3-4,7-10,21,23-27,32,42-43H,5-6,11-20H2,1-2H3/t21?,23-,24-,26?,27?,32?/m1/s1. The number of nitrogens with zero attached hydrogens (tertiary/aromatic N) is 5. The van der Waals surface area contributed by atoms with E-state index in [2.05, 4.69) is 24.0 Å². The van der Waals surface area contributed by atoms with Crippen LogP contribution in [0.25, 0.3) is 10.9 Å². The highest BCUT2D eigenvalue weighted by Crippen LogP contribution is 2.63. The van der Waals surface area contributed by atoms with Crippen molar-refractivity contribution >= 4 is 16.9 Å². The lowest BCUT2D eigenvalue weighted by Crippen LogP contribution is -2.48. The molecule has 0 spiro atoms. The number of likely N-dealkylation sites (tertiary alicyclic amines) is 2. The van der Waals surface area contributed by atoms with Gasteiger partial charge in [0.2, 0.25) is 0 Å². The highest BCUT2D eigenvalue weighted by atomic mass is 16.3. The van der Waals surface area contributed by atoms with E-state index in [1.807, 2.05) is 39.6 Å². The summed E-state index contributed by atoms with van der Waals surface area (Å²) < 4.78 is 3.77. The van der Waals surface area contributed by atoms with Gasteiger partial charge in [0.1, 0.15) is 0 Å². The highest BCUT2D eigenvalue weighted by molar-refractivity contribution is 5.79. The first-order chi connectivity index (χ1) is 21.3. The van der Waals surface area contributed by atoms with Crippen LogP contribution in [-0.2, 0) is 6.54 Å². The molecule has 2 aromatic heterocycles. The van der Waals surface area contributed by atoms with Crippen molar-refractivity contribution in [2.24, 2.45) is 17.8 Å². The second kappa shape index (κ2) is 10.6. The Morgan fingerprint density at radius 3 is 2.32 bits per heavy atom. The number of pyridine rings is 1. The van der Waals surface area contributed by atoms with Gasteiger partial charge in [0, 0.05) is 81.5 Å². The number of hydrogen-bond donors (Lipinski definition) is 2. The van der Waals surface area contributed by atoms with Gasteiger partial charge in [-0.2, -0.15) is 0 Å². The Bertz CT molecular complexity index is 1650. The molecule has 3 aliphatic carbocycles. The Labute approximate surface area is 258 Å². The van der Waals surface area contributed by atoms with Gasteiger partial charge in [-0.3, -0.25) is 9.36 Å². The molecule has 0 radical (unpaired) electrons. The summed E-state index contributed by atoms with van der Waals surface area (Å²) >= 11 is 0. The molecule has 2 N–H and O–H groups in total. The number of carbonyl (C=O) groups is 1. The van der Waals surface area contributed by atoms with Crippen LogP contribution in [0.2, 0.25) is 0 Å². The quantitative estimate of drug-likeness (QED) is 0.420. The lowest BCUT2D eigenvalue weighted by atomic mass is 9.82. The highest BCUT2D eigenvalue weighted by Gasteiger charge is 2.56. The molecule has 6 atom stereocenters. The zero-order valence-electron chi connectivity index (χ0n) is 25.9. The second-order valence-electron chi connectivity index (χ2n) is 14.4. The normalized spacial score (nSPS) is 29.9. The monoisotopic (exact) mass is 599 g/mol. The van der Waals surface area contributed by atoms with Crippen LogP contribution in [0.5, 0.6) is 11.8 Å². The number of aromatic nitrogens is 2. The number of rotatable bonds is 6. The maximum absolute atomic E-state index is 13.2. The first-order valence-corrected chi connectivity index (χ1v) is 16.8. The van der Waals surface area contributed by atoms with Gasteiger partial charge in [-0.1, -0.05) is 25.1 Å². The maximum Gasteiger partial charge on any atom is 0.320 e. The number of hydrogen-bond acceptors (Lipinski definition) is 5. The molecule has 9 heteroatoms. The Kier molecular flexibility index (Phi) is 6.74. The van der Waals surface area contributed by atoms with Gasteiger partial charge in [0.05, 0.1) is 5.52 Å². The third-order valence-corrected chi connectivity index (χ3v) is 12.0. The molecule has 234 valence electrons. The fourth-order valence-corrected chi connectivity index (χ4v) is 9.59. The van der Waals surface area contributed by atoms with Crippen LogP contribution in [0.4, 0.5) is 4.79 Å². The smallest absolute Gasteiger partial charge is 0.320 e. The third kappa shape index (κ3) is 4.37. The Hall–Kier alpha value is -3.46. The minimum Gasteiger partial charge on any atom is -0.494 e. The minimum absolute atomic E-state index is 0.0445. The topological polar surface area (TPSA) is 94.2 Å². The van der Waals surface area contributed by atoms with Gasteiger partial charge in [-0.05, 0) is 79.7 Å². The summed E-state index contributed by atoms with van der Waals surface area (Å²) in [5, 5.41) is 23.9. The number of aromatic hydroxyl groups is 2. The number of amides is 2. The van der Waals surface area contributed by atoms with E-state index in [1.165, 1.54) is 0 Å². The van der Waals surface area contributed by atoms with Gasteiger partial charge >= 0.3 is 6.03 Å². The zero-order valence-corrected chi connectivity index (χ0v) is 25.9. The van der Waals surface area contributed by atoms with Crippen molar-refractivity contribution in [1.82, 2.24) is 23.8 Å². The first kappa shape index (κ1) is 28.0. The summed E-state index contributed by atoms with van der Waals surface area (Å²) in [6, 6.07) is 12.1. The lowest BCUT2D eigenvalue weighted by molar-refractivity contribution is 0.137. The summed E-state index contributed by atoms with van der Waals surface area (Å²) in [7, 11) is 1.92. The molecule has 9 nitrogen and oxygen atoms in total. The van der Waals surface area contributed by atoms with Crippen molar-refractivity contribution in [2.75, 3.05) is 39.8 Å². The molecule has 4 unspecified atom stereocenters. The number of piperidine rings is 1. The molecule has 8 rings (SSSR count). The summed E-state index contributed by atoms with van der Waals surface area (Å²) in [5.74, 6) is 1.93. The number of urea groups is 1. The van der Waals surface area contributed by atoms with E-state index in [-0.39, 0.29) is 53.2 Å². The van der Waals surface area contributed by atoms with E-state index in [0.717, 1.165) is 93.3 Å². The van der Waals surface area contributed by atoms with Crippen molar-refractivity contribution in [3.63, 3.8) is 0 Å². The van der Waals surface area contributed by atoms with Crippen LogP contribution in [-0.4, -0.2) is 85.9 Å². The van der Waals surface area contributed by atoms with Crippen LogP contribution in [0, 0.1) is 17.8 Å². The van der Waals surface area contributed by atoms with Gasteiger partial charge in [-0.15, -0.1) is 0 Å². The van der Waals surface area contributed by atoms with Gasteiger partial charge in [-0.25, -0.2) is 4.79 Å².